The largest absolute Gasteiger partial charge is 0.346 e. The number of anilines is 2. The van der Waals surface area contributed by atoms with Crippen LogP contribution in [0.1, 0.15) is 12.5 Å². The van der Waals surface area contributed by atoms with E-state index in [9.17, 15) is 0 Å². The molecule has 3 aromatic carbocycles. The molecule has 0 unspecified atom stereocenters. The first-order chi connectivity index (χ1) is 10.9. The van der Waals surface area contributed by atoms with Crippen LogP contribution >= 0.6 is 0 Å². The van der Waals surface area contributed by atoms with Crippen LogP contribution in [-0.2, 0) is 6.54 Å². The third kappa shape index (κ3) is 2.12. The molecule has 1 heterocycles. The van der Waals surface area contributed by atoms with Gasteiger partial charge in [-0.1, -0.05) is 54.6 Å². The summed E-state index contributed by atoms with van der Waals surface area (Å²) in [6.07, 6.45) is 0. The fourth-order valence-electron chi connectivity index (χ4n) is 3.23. The Bertz CT molecular complexity index is 804. The molecule has 1 aliphatic rings. The van der Waals surface area contributed by atoms with Crippen molar-refractivity contribution in [1.82, 2.24) is 0 Å². The van der Waals surface area contributed by atoms with Crippen molar-refractivity contribution in [2.24, 2.45) is 0 Å². The van der Waals surface area contributed by atoms with E-state index in [1.165, 1.54) is 27.7 Å². The quantitative estimate of drug-likeness (QED) is 0.682. The van der Waals surface area contributed by atoms with Gasteiger partial charge in [-0.25, -0.2) is 0 Å². The second-order valence-corrected chi connectivity index (χ2v) is 5.66. The number of benzene rings is 3. The van der Waals surface area contributed by atoms with Gasteiger partial charge >= 0.3 is 0 Å². The Morgan fingerprint density at radius 2 is 1.41 bits per heavy atom. The van der Waals surface area contributed by atoms with Gasteiger partial charge in [0.05, 0.1) is 11.4 Å². The summed E-state index contributed by atoms with van der Waals surface area (Å²) in [6, 6.07) is 23.8. The normalized spacial score (nSPS) is 13.7. The monoisotopic (exact) mass is 287 g/mol. The fourth-order valence-corrected chi connectivity index (χ4v) is 3.23. The Morgan fingerprint density at radius 3 is 2.23 bits per heavy atom. The fraction of sp³-hybridized carbons (Fsp3) is 0.150. The Hall–Kier alpha value is -2.48. The zero-order valence-corrected chi connectivity index (χ0v) is 12.7. The summed E-state index contributed by atoms with van der Waals surface area (Å²) < 4.78 is 0. The number of hydrogen-bond donors (Lipinski definition) is 0. The van der Waals surface area contributed by atoms with E-state index < -0.39 is 0 Å². The van der Waals surface area contributed by atoms with Crippen LogP contribution in [0.3, 0.4) is 0 Å². The molecule has 3 aromatic rings. The summed E-state index contributed by atoms with van der Waals surface area (Å²) in [5, 5.41) is 2.64. The number of rotatable bonds is 3. The van der Waals surface area contributed by atoms with Crippen LogP contribution < -0.4 is 9.80 Å². The predicted octanol–water partition coefficient (Wildman–Crippen LogP) is 4.81. The van der Waals surface area contributed by atoms with Gasteiger partial charge in [0.1, 0.15) is 6.67 Å². The van der Waals surface area contributed by atoms with Crippen molar-refractivity contribution in [3.05, 3.63) is 79.0 Å². The molecular weight excluding hydrogens is 268 g/mol. The molecule has 0 spiro atoms. The molecule has 0 aromatic heterocycles. The van der Waals surface area contributed by atoms with Gasteiger partial charge in [0.2, 0.25) is 0 Å². The zero-order chi connectivity index (χ0) is 14.9. The van der Waals surface area contributed by atoms with Crippen LogP contribution in [0, 0.1) is 6.67 Å². The molecule has 0 saturated heterocycles. The van der Waals surface area contributed by atoms with E-state index in [0.29, 0.717) is 0 Å². The molecule has 1 radical (unpaired) electrons. The first-order valence-electron chi connectivity index (χ1n) is 7.81. The van der Waals surface area contributed by atoms with Crippen molar-refractivity contribution in [1.29, 1.82) is 0 Å². The van der Waals surface area contributed by atoms with Gasteiger partial charge in [-0.05, 0) is 35.4 Å². The van der Waals surface area contributed by atoms with Gasteiger partial charge in [-0.15, -0.1) is 0 Å². The Labute approximate surface area is 131 Å². The summed E-state index contributed by atoms with van der Waals surface area (Å²) in [6.45, 7) is 6.30. The molecule has 0 fully saturated rings. The van der Waals surface area contributed by atoms with E-state index in [4.69, 9.17) is 0 Å². The molecule has 0 aliphatic carbocycles. The lowest BCUT2D eigenvalue weighted by molar-refractivity contribution is 0.872. The standard InChI is InChI=1S/C20H19N2/c1-2-21-15-22(20-13-6-5-12-19(20)21)14-17-10-7-9-16-8-3-4-11-18(16)17/h3-13,15H,2,14H2,1H3. The Balaban J connectivity index is 1.72. The molecule has 0 N–H and O–H groups in total. The molecule has 4 rings (SSSR count). The summed E-state index contributed by atoms with van der Waals surface area (Å²) in [5.74, 6) is 0. The van der Waals surface area contributed by atoms with Gasteiger partial charge in [-0.2, -0.15) is 0 Å². The first kappa shape index (κ1) is 13.2. The lowest BCUT2D eigenvalue weighted by Gasteiger charge is -2.20. The van der Waals surface area contributed by atoms with Gasteiger partial charge in [0.15, 0.2) is 0 Å². The highest BCUT2D eigenvalue weighted by molar-refractivity contribution is 5.86. The average Bonchev–Trinajstić information content (AvgIpc) is 2.93. The van der Waals surface area contributed by atoms with Crippen LogP contribution in [-0.4, -0.2) is 6.54 Å². The van der Waals surface area contributed by atoms with Crippen molar-refractivity contribution >= 4 is 22.1 Å². The number of para-hydroxylation sites is 2. The summed E-state index contributed by atoms with van der Waals surface area (Å²) >= 11 is 0. The molecule has 2 heteroatoms. The minimum atomic E-state index is 0.898. The minimum Gasteiger partial charge on any atom is -0.346 e. The van der Waals surface area contributed by atoms with Crippen molar-refractivity contribution in [3.63, 3.8) is 0 Å². The number of nitrogens with zero attached hydrogens (tertiary/aromatic N) is 2. The third-order valence-electron chi connectivity index (χ3n) is 4.34. The second-order valence-electron chi connectivity index (χ2n) is 5.66. The molecule has 1 aliphatic heterocycles. The molecule has 0 bridgehead atoms. The number of hydrogen-bond acceptors (Lipinski definition) is 2. The highest BCUT2D eigenvalue weighted by Gasteiger charge is 2.25. The van der Waals surface area contributed by atoms with Gasteiger partial charge in [0, 0.05) is 13.1 Å². The minimum absolute atomic E-state index is 0.898. The third-order valence-corrected chi connectivity index (χ3v) is 4.34. The van der Waals surface area contributed by atoms with Crippen molar-refractivity contribution in [3.8, 4) is 0 Å². The SMILES string of the molecule is CCN1[CH]N(Cc2cccc3ccccc23)c2ccccc21. The zero-order valence-electron chi connectivity index (χ0n) is 12.7. The summed E-state index contributed by atoms with van der Waals surface area (Å²) in [5.41, 5.74) is 3.95. The molecule has 0 amide bonds. The maximum Gasteiger partial charge on any atom is 0.142 e. The smallest absolute Gasteiger partial charge is 0.142 e. The highest BCUT2D eigenvalue weighted by Crippen LogP contribution is 2.38. The molecule has 0 atom stereocenters. The van der Waals surface area contributed by atoms with Crippen LogP contribution in [0.2, 0.25) is 0 Å². The van der Waals surface area contributed by atoms with Crippen molar-refractivity contribution in [2.45, 2.75) is 13.5 Å². The van der Waals surface area contributed by atoms with E-state index in [0.717, 1.165) is 13.1 Å². The second kappa shape index (κ2) is 5.38. The number of fused-ring (bicyclic) bond motifs is 2. The van der Waals surface area contributed by atoms with Crippen LogP contribution in [0.4, 0.5) is 11.4 Å². The van der Waals surface area contributed by atoms with Crippen molar-refractivity contribution < 1.29 is 0 Å². The van der Waals surface area contributed by atoms with Gasteiger partial charge in [0.25, 0.3) is 0 Å². The maximum atomic E-state index is 2.35. The van der Waals surface area contributed by atoms with Crippen LogP contribution in [0.25, 0.3) is 10.8 Å². The van der Waals surface area contributed by atoms with E-state index >= 15 is 0 Å². The van der Waals surface area contributed by atoms with Crippen molar-refractivity contribution in [2.75, 3.05) is 16.3 Å². The van der Waals surface area contributed by atoms with E-state index in [1.54, 1.807) is 0 Å². The maximum absolute atomic E-state index is 2.35. The Kier molecular flexibility index (Phi) is 3.23. The van der Waals surface area contributed by atoms with Gasteiger partial charge < -0.3 is 9.80 Å². The lowest BCUT2D eigenvalue weighted by Crippen LogP contribution is -2.24. The van der Waals surface area contributed by atoms with Crippen LogP contribution in [0.15, 0.2) is 66.7 Å². The van der Waals surface area contributed by atoms with E-state index in [-0.39, 0.29) is 0 Å². The summed E-state index contributed by atoms with van der Waals surface area (Å²) in [4.78, 5) is 4.65. The topological polar surface area (TPSA) is 6.48 Å². The molecule has 2 nitrogen and oxygen atoms in total. The first-order valence-corrected chi connectivity index (χ1v) is 7.81. The molecule has 22 heavy (non-hydrogen) atoms. The van der Waals surface area contributed by atoms with Crippen LogP contribution in [0.5, 0.6) is 0 Å². The highest BCUT2D eigenvalue weighted by atomic mass is 15.4. The average molecular weight is 287 g/mol. The predicted molar refractivity (Wildman–Crippen MR) is 93.9 cm³/mol. The lowest BCUT2D eigenvalue weighted by atomic mass is 10.0. The van der Waals surface area contributed by atoms with E-state index in [2.05, 4.69) is 90.1 Å². The molecular formula is C20H19N2. The van der Waals surface area contributed by atoms with E-state index in [1.807, 2.05) is 0 Å². The summed E-state index contributed by atoms with van der Waals surface area (Å²) in [7, 11) is 0. The molecule has 0 saturated carbocycles. The van der Waals surface area contributed by atoms with Gasteiger partial charge in [-0.3, -0.25) is 0 Å². The Morgan fingerprint density at radius 1 is 0.727 bits per heavy atom. The molecule has 109 valence electrons.